The molecule has 0 aromatic heterocycles. The van der Waals surface area contributed by atoms with Crippen molar-refractivity contribution in [3.8, 4) is 0 Å². The zero-order valence-corrected chi connectivity index (χ0v) is 9.48. The molecule has 0 saturated carbocycles. The number of carbonyl (C=O) groups excluding carboxylic acids is 1. The van der Waals surface area contributed by atoms with Crippen LogP contribution in [0.1, 0.15) is 16.8 Å². The summed E-state index contributed by atoms with van der Waals surface area (Å²) in [4.78, 5) is 11.5. The first-order valence-corrected chi connectivity index (χ1v) is 5.24. The number of hydrogen-bond donors (Lipinski definition) is 2. The summed E-state index contributed by atoms with van der Waals surface area (Å²) in [6.07, 6.45) is 0.528. The van der Waals surface area contributed by atoms with Crippen LogP contribution in [-0.2, 0) is 0 Å². The Labute approximate surface area is 98.0 Å². The van der Waals surface area contributed by atoms with Gasteiger partial charge in [-0.05, 0) is 24.6 Å². The van der Waals surface area contributed by atoms with Gasteiger partial charge in [-0.3, -0.25) is 4.79 Å². The third-order valence-corrected chi connectivity index (χ3v) is 2.18. The Bertz CT molecular complexity index is 335. The van der Waals surface area contributed by atoms with Gasteiger partial charge in [-0.25, -0.2) is 0 Å². The fourth-order valence-corrected chi connectivity index (χ4v) is 1.59. The molecule has 15 heavy (non-hydrogen) atoms. The van der Waals surface area contributed by atoms with E-state index in [1.807, 2.05) is 0 Å². The normalized spacial score (nSPS) is 10.1. The summed E-state index contributed by atoms with van der Waals surface area (Å²) >= 11 is 11.5. The van der Waals surface area contributed by atoms with Gasteiger partial charge in [-0.2, -0.15) is 0 Å². The van der Waals surface area contributed by atoms with E-state index in [1.165, 1.54) is 0 Å². The van der Waals surface area contributed by atoms with Gasteiger partial charge < -0.3 is 10.4 Å². The van der Waals surface area contributed by atoms with Gasteiger partial charge in [0.2, 0.25) is 0 Å². The van der Waals surface area contributed by atoms with Gasteiger partial charge in [-0.15, -0.1) is 0 Å². The Balaban J connectivity index is 2.65. The molecule has 0 aliphatic heterocycles. The van der Waals surface area contributed by atoms with Crippen LogP contribution in [0.15, 0.2) is 18.2 Å². The fourth-order valence-electron chi connectivity index (χ4n) is 1.07. The van der Waals surface area contributed by atoms with Gasteiger partial charge in [0.1, 0.15) is 0 Å². The van der Waals surface area contributed by atoms with Crippen molar-refractivity contribution in [1.29, 1.82) is 0 Å². The average molecular weight is 248 g/mol. The Morgan fingerprint density at radius 2 is 1.87 bits per heavy atom. The van der Waals surface area contributed by atoms with Gasteiger partial charge in [0, 0.05) is 28.8 Å². The van der Waals surface area contributed by atoms with E-state index in [0.29, 0.717) is 28.6 Å². The predicted molar refractivity (Wildman–Crippen MR) is 60.5 cm³/mol. The minimum absolute atomic E-state index is 0.0522. The molecule has 1 aromatic rings. The molecule has 0 fully saturated rings. The summed E-state index contributed by atoms with van der Waals surface area (Å²) in [6.45, 7) is 0.482. The minimum Gasteiger partial charge on any atom is -0.396 e. The van der Waals surface area contributed by atoms with Crippen molar-refractivity contribution in [1.82, 2.24) is 5.32 Å². The molecule has 0 saturated heterocycles. The second-order valence-electron chi connectivity index (χ2n) is 2.99. The van der Waals surface area contributed by atoms with E-state index in [-0.39, 0.29) is 12.5 Å². The highest BCUT2D eigenvalue weighted by atomic mass is 35.5. The molecular formula is C10H11Cl2NO2. The van der Waals surface area contributed by atoms with E-state index in [1.54, 1.807) is 18.2 Å². The van der Waals surface area contributed by atoms with Crippen LogP contribution >= 0.6 is 23.2 Å². The summed E-state index contributed by atoms with van der Waals surface area (Å²) < 4.78 is 0. The molecule has 1 amide bonds. The molecule has 3 nitrogen and oxygen atoms in total. The van der Waals surface area contributed by atoms with Crippen LogP contribution in [0.25, 0.3) is 0 Å². The van der Waals surface area contributed by atoms with Crippen LogP contribution in [0.5, 0.6) is 0 Å². The molecule has 0 heterocycles. The van der Waals surface area contributed by atoms with Crippen LogP contribution < -0.4 is 5.32 Å². The predicted octanol–water partition coefficient (Wildman–Crippen LogP) is 2.11. The van der Waals surface area contributed by atoms with Crippen LogP contribution in [0.3, 0.4) is 0 Å². The van der Waals surface area contributed by atoms with E-state index < -0.39 is 0 Å². The van der Waals surface area contributed by atoms with Crippen molar-refractivity contribution >= 4 is 29.1 Å². The highest BCUT2D eigenvalue weighted by molar-refractivity contribution is 6.35. The number of aliphatic hydroxyl groups is 1. The fraction of sp³-hybridized carbons (Fsp3) is 0.300. The van der Waals surface area contributed by atoms with Crippen LogP contribution in [-0.4, -0.2) is 24.2 Å². The first-order valence-electron chi connectivity index (χ1n) is 4.48. The lowest BCUT2D eigenvalue weighted by molar-refractivity contribution is 0.0951. The number of halogens is 2. The molecule has 0 unspecified atom stereocenters. The lowest BCUT2D eigenvalue weighted by Gasteiger charge is -2.04. The Morgan fingerprint density at radius 1 is 1.27 bits per heavy atom. The van der Waals surface area contributed by atoms with Crippen molar-refractivity contribution in [3.63, 3.8) is 0 Å². The first-order chi connectivity index (χ1) is 7.13. The lowest BCUT2D eigenvalue weighted by atomic mass is 10.2. The van der Waals surface area contributed by atoms with Gasteiger partial charge in [0.05, 0.1) is 0 Å². The summed E-state index contributed by atoms with van der Waals surface area (Å²) in [5.74, 6) is -0.243. The highest BCUT2D eigenvalue weighted by Gasteiger charge is 2.06. The van der Waals surface area contributed by atoms with Gasteiger partial charge in [0.25, 0.3) is 5.91 Å². The molecule has 0 spiro atoms. The molecule has 0 atom stereocenters. The zero-order chi connectivity index (χ0) is 11.3. The molecule has 1 aromatic carbocycles. The number of aliphatic hydroxyl groups excluding tert-OH is 1. The smallest absolute Gasteiger partial charge is 0.251 e. The maximum Gasteiger partial charge on any atom is 0.251 e. The van der Waals surface area contributed by atoms with Crippen molar-refractivity contribution in [2.45, 2.75) is 6.42 Å². The summed E-state index contributed by atoms with van der Waals surface area (Å²) in [7, 11) is 0. The van der Waals surface area contributed by atoms with Crippen molar-refractivity contribution < 1.29 is 9.90 Å². The first kappa shape index (κ1) is 12.3. The average Bonchev–Trinajstić information content (AvgIpc) is 2.16. The molecule has 2 N–H and O–H groups in total. The van der Waals surface area contributed by atoms with Crippen molar-refractivity contribution in [2.75, 3.05) is 13.2 Å². The highest BCUT2D eigenvalue weighted by Crippen LogP contribution is 2.18. The third kappa shape index (κ3) is 4.08. The van der Waals surface area contributed by atoms with Crippen LogP contribution in [0, 0.1) is 0 Å². The van der Waals surface area contributed by atoms with Crippen LogP contribution in [0.2, 0.25) is 10.0 Å². The molecule has 0 radical (unpaired) electrons. The lowest BCUT2D eigenvalue weighted by Crippen LogP contribution is -2.24. The molecule has 1 rings (SSSR count). The number of hydrogen-bond acceptors (Lipinski definition) is 2. The van der Waals surface area contributed by atoms with Crippen molar-refractivity contribution in [2.24, 2.45) is 0 Å². The standard InChI is InChI=1S/C10H11Cl2NO2/c11-8-4-7(5-9(12)6-8)10(15)13-2-1-3-14/h4-6,14H,1-3H2,(H,13,15). The van der Waals surface area contributed by atoms with Gasteiger partial charge in [-0.1, -0.05) is 23.2 Å². The topological polar surface area (TPSA) is 49.3 Å². The molecule has 0 aliphatic carbocycles. The number of amides is 1. The number of rotatable bonds is 4. The van der Waals surface area contributed by atoms with E-state index >= 15 is 0 Å². The second kappa shape index (κ2) is 5.95. The number of carbonyl (C=O) groups is 1. The summed E-state index contributed by atoms with van der Waals surface area (Å²) in [6, 6.07) is 4.65. The SMILES string of the molecule is O=C(NCCCO)c1cc(Cl)cc(Cl)c1. The largest absolute Gasteiger partial charge is 0.396 e. The van der Waals surface area contributed by atoms with E-state index in [4.69, 9.17) is 28.3 Å². The molecular weight excluding hydrogens is 237 g/mol. The number of nitrogens with one attached hydrogen (secondary N) is 1. The van der Waals surface area contributed by atoms with Gasteiger partial charge in [0.15, 0.2) is 0 Å². The monoisotopic (exact) mass is 247 g/mol. The quantitative estimate of drug-likeness (QED) is 0.801. The van der Waals surface area contributed by atoms with Gasteiger partial charge >= 0.3 is 0 Å². The third-order valence-electron chi connectivity index (χ3n) is 1.75. The molecule has 0 aliphatic rings. The maximum atomic E-state index is 11.5. The number of benzene rings is 1. The maximum absolute atomic E-state index is 11.5. The Hall–Kier alpha value is -0.770. The molecule has 0 bridgehead atoms. The van der Waals surface area contributed by atoms with E-state index in [0.717, 1.165) is 0 Å². The summed E-state index contributed by atoms with van der Waals surface area (Å²) in [5, 5.41) is 12.0. The van der Waals surface area contributed by atoms with E-state index in [2.05, 4.69) is 5.32 Å². The molecule has 5 heteroatoms. The second-order valence-corrected chi connectivity index (χ2v) is 3.86. The minimum atomic E-state index is -0.243. The van der Waals surface area contributed by atoms with Crippen molar-refractivity contribution in [3.05, 3.63) is 33.8 Å². The zero-order valence-electron chi connectivity index (χ0n) is 7.96. The van der Waals surface area contributed by atoms with Crippen LogP contribution in [0.4, 0.5) is 0 Å². The Kier molecular flexibility index (Phi) is 4.88. The molecule has 82 valence electrons. The Morgan fingerprint density at radius 3 is 2.40 bits per heavy atom. The van der Waals surface area contributed by atoms with E-state index in [9.17, 15) is 4.79 Å². The summed E-state index contributed by atoms with van der Waals surface area (Å²) in [5.41, 5.74) is 0.422.